The van der Waals surface area contributed by atoms with Gasteiger partial charge in [-0.05, 0) is 18.5 Å². The monoisotopic (exact) mass is 255 g/mol. The van der Waals surface area contributed by atoms with Crippen LogP contribution in [0.3, 0.4) is 0 Å². The standard InChI is InChI=1S/C9H10ClN5O2/c1-5-3-6(17-15-5)4-11-8-12-7(10)13-9(14-8)16-2/h3H,4H2,1-2H3,(H,11,12,13,14). The lowest BCUT2D eigenvalue weighted by Crippen LogP contribution is -2.05. The number of nitrogens with one attached hydrogen (secondary N) is 1. The molecule has 2 heterocycles. The first-order chi connectivity index (χ1) is 8.17. The van der Waals surface area contributed by atoms with Crippen molar-refractivity contribution in [2.75, 3.05) is 12.4 Å². The van der Waals surface area contributed by atoms with Gasteiger partial charge in [-0.2, -0.15) is 15.0 Å². The zero-order valence-corrected chi connectivity index (χ0v) is 10.0. The molecular formula is C9H10ClN5O2. The fourth-order valence-corrected chi connectivity index (χ4v) is 1.32. The molecule has 0 amide bonds. The molecule has 17 heavy (non-hydrogen) atoms. The maximum absolute atomic E-state index is 5.70. The molecule has 2 rings (SSSR count). The number of hydrogen-bond acceptors (Lipinski definition) is 7. The van der Waals surface area contributed by atoms with Crippen LogP contribution < -0.4 is 10.1 Å². The van der Waals surface area contributed by atoms with E-state index in [1.165, 1.54) is 7.11 Å². The quantitative estimate of drug-likeness (QED) is 0.885. The van der Waals surface area contributed by atoms with Gasteiger partial charge in [0.25, 0.3) is 0 Å². The average molecular weight is 256 g/mol. The van der Waals surface area contributed by atoms with Gasteiger partial charge in [0.1, 0.15) is 0 Å². The molecule has 0 radical (unpaired) electrons. The minimum Gasteiger partial charge on any atom is -0.467 e. The van der Waals surface area contributed by atoms with Crippen LogP contribution in [-0.2, 0) is 6.54 Å². The Balaban J connectivity index is 2.05. The lowest BCUT2D eigenvalue weighted by atomic mass is 10.4. The molecule has 0 aromatic carbocycles. The molecule has 0 saturated heterocycles. The SMILES string of the molecule is COc1nc(Cl)nc(NCc2cc(C)no2)n1. The van der Waals surface area contributed by atoms with Gasteiger partial charge in [-0.3, -0.25) is 0 Å². The van der Waals surface area contributed by atoms with Gasteiger partial charge in [0.2, 0.25) is 11.2 Å². The van der Waals surface area contributed by atoms with Crippen LogP contribution in [0.4, 0.5) is 5.95 Å². The van der Waals surface area contributed by atoms with Crippen LogP contribution in [0, 0.1) is 6.92 Å². The zero-order valence-electron chi connectivity index (χ0n) is 9.27. The Labute approximate surface area is 102 Å². The Kier molecular flexibility index (Phi) is 3.38. The van der Waals surface area contributed by atoms with E-state index in [1.807, 2.05) is 13.0 Å². The molecule has 8 heteroatoms. The molecule has 0 saturated carbocycles. The minimum atomic E-state index is 0.0631. The summed E-state index contributed by atoms with van der Waals surface area (Å²) in [6.45, 7) is 2.25. The van der Waals surface area contributed by atoms with E-state index in [0.29, 0.717) is 18.3 Å². The van der Waals surface area contributed by atoms with Crippen LogP contribution in [-0.4, -0.2) is 27.2 Å². The maximum atomic E-state index is 5.70. The first kappa shape index (κ1) is 11.6. The highest BCUT2D eigenvalue weighted by Crippen LogP contribution is 2.12. The van der Waals surface area contributed by atoms with Gasteiger partial charge in [0.05, 0.1) is 19.3 Å². The van der Waals surface area contributed by atoms with Crippen molar-refractivity contribution in [1.82, 2.24) is 20.1 Å². The van der Waals surface area contributed by atoms with E-state index < -0.39 is 0 Å². The van der Waals surface area contributed by atoms with Crippen LogP contribution in [0.25, 0.3) is 0 Å². The first-order valence-corrected chi connectivity index (χ1v) is 5.17. The highest BCUT2D eigenvalue weighted by Gasteiger charge is 2.06. The third kappa shape index (κ3) is 3.04. The topological polar surface area (TPSA) is 86.0 Å². The molecule has 0 fully saturated rings. The first-order valence-electron chi connectivity index (χ1n) is 4.79. The largest absolute Gasteiger partial charge is 0.467 e. The summed E-state index contributed by atoms with van der Waals surface area (Å²) in [6, 6.07) is 1.97. The van der Waals surface area contributed by atoms with Gasteiger partial charge < -0.3 is 14.6 Å². The number of anilines is 1. The van der Waals surface area contributed by atoms with Gasteiger partial charge in [0, 0.05) is 6.07 Å². The average Bonchev–Trinajstić information content (AvgIpc) is 2.72. The number of nitrogens with zero attached hydrogens (tertiary/aromatic N) is 4. The number of hydrogen-bond donors (Lipinski definition) is 1. The van der Waals surface area contributed by atoms with Crippen LogP contribution in [0.5, 0.6) is 6.01 Å². The van der Waals surface area contributed by atoms with Crippen LogP contribution in [0.15, 0.2) is 10.6 Å². The van der Waals surface area contributed by atoms with Gasteiger partial charge in [-0.1, -0.05) is 5.16 Å². The van der Waals surface area contributed by atoms with E-state index in [2.05, 4.69) is 25.4 Å². The summed E-state index contributed by atoms with van der Waals surface area (Å²) < 4.78 is 9.89. The molecule has 0 atom stereocenters. The van der Waals surface area contributed by atoms with Crippen molar-refractivity contribution in [2.24, 2.45) is 0 Å². The summed E-state index contributed by atoms with van der Waals surface area (Å²) in [4.78, 5) is 11.6. The molecule has 1 N–H and O–H groups in total. The van der Waals surface area contributed by atoms with E-state index >= 15 is 0 Å². The van der Waals surface area contributed by atoms with Gasteiger partial charge in [-0.15, -0.1) is 0 Å². The third-order valence-corrected chi connectivity index (χ3v) is 2.04. The highest BCUT2D eigenvalue weighted by molar-refractivity contribution is 6.28. The van der Waals surface area contributed by atoms with E-state index in [1.54, 1.807) is 0 Å². The van der Waals surface area contributed by atoms with E-state index in [4.69, 9.17) is 20.9 Å². The smallest absolute Gasteiger partial charge is 0.322 e. The van der Waals surface area contributed by atoms with Crippen molar-refractivity contribution in [3.63, 3.8) is 0 Å². The normalized spacial score (nSPS) is 10.3. The Morgan fingerprint density at radius 2 is 2.24 bits per heavy atom. The van der Waals surface area contributed by atoms with Crippen molar-refractivity contribution < 1.29 is 9.26 Å². The van der Waals surface area contributed by atoms with Crippen LogP contribution in [0.1, 0.15) is 11.5 Å². The van der Waals surface area contributed by atoms with Crippen molar-refractivity contribution in [3.8, 4) is 6.01 Å². The van der Waals surface area contributed by atoms with Crippen molar-refractivity contribution in [1.29, 1.82) is 0 Å². The molecular weight excluding hydrogens is 246 g/mol. The van der Waals surface area contributed by atoms with E-state index in [-0.39, 0.29) is 11.3 Å². The zero-order chi connectivity index (χ0) is 12.3. The van der Waals surface area contributed by atoms with Crippen molar-refractivity contribution in [2.45, 2.75) is 13.5 Å². The Hall–Kier alpha value is -1.89. The van der Waals surface area contributed by atoms with Crippen molar-refractivity contribution >= 4 is 17.5 Å². The number of rotatable bonds is 4. The summed E-state index contributed by atoms with van der Waals surface area (Å²) in [5.74, 6) is 0.994. The van der Waals surface area contributed by atoms with Crippen molar-refractivity contribution in [3.05, 3.63) is 22.8 Å². The summed E-state index contributed by atoms with van der Waals surface area (Å²) >= 11 is 5.70. The summed E-state index contributed by atoms with van der Waals surface area (Å²) in [5.41, 5.74) is 0.813. The van der Waals surface area contributed by atoms with Gasteiger partial charge in [0.15, 0.2) is 5.76 Å². The minimum absolute atomic E-state index is 0.0631. The second-order valence-electron chi connectivity index (χ2n) is 3.20. The lowest BCUT2D eigenvalue weighted by molar-refractivity contribution is 0.377. The maximum Gasteiger partial charge on any atom is 0.322 e. The summed E-state index contributed by atoms with van der Waals surface area (Å²) in [5, 5.41) is 6.75. The van der Waals surface area contributed by atoms with Crippen LogP contribution in [0.2, 0.25) is 5.28 Å². The summed E-state index contributed by atoms with van der Waals surface area (Å²) in [7, 11) is 1.45. The molecule has 90 valence electrons. The highest BCUT2D eigenvalue weighted by atomic mass is 35.5. The molecule has 0 aliphatic heterocycles. The second kappa shape index (κ2) is 4.96. The number of methoxy groups -OCH3 is 1. The molecule has 0 bridgehead atoms. The Morgan fingerprint density at radius 3 is 2.88 bits per heavy atom. The molecule has 2 aromatic heterocycles. The molecule has 0 spiro atoms. The fraction of sp³-hybridized carbons (Fsp3) is 0.333. The number of aryl methyl sites for hydroxylation is 1. The van der Waals surface area contributed by atoms with E-state index in [0.717, 1.165) is 5.69 Å². The molecule has 0 aliphatic rings. The number of aromatic nitrogens is 4. The predicted octanol–water partition coefficient (Wildman–Crippen LogP) is 1.44. The number of halogens is 1. The summed E-state index contributed by atoms with van der Waals surface area (Å²) in [6.07, 6.45) is 0. The van der Waals surface area contributed by atoms with Crippen LogP contribution >= 0.6 is 11.6 Å². The molecule has 0 aliphatic carbocycles. The number of ether oxygens (including phenoxy) is 1. The predicted molar refractivity (Wildman–Crippen MR) is 60.0 cm³/mol. The Morgan fingerprint density at radius 1 is 1.41 bits per heavy atom. The lowest BCUT2D eigenvalue weighted by Gasteiger charge is -2.03. The van der Waals surface area contributed by atoms with Gasteiger partial charge in [-0.25, -0.2) is 0 Å². The molecule has 7 nitrogen and oxygen atoms in total. The fourth-order valence-electron chi connectivity index (χ4n) is 1.17. The second-order valence-corrected chi connectivity index (χ2v) is 3.54. The molecule has 2 aromatic rings. The Bertz CT molecular complexity index is 516. The third-order valence-electron chi connectivity index (χ3n) is 1.87. The van der Waals surface area contributed by atoms with E-state index in [9.17, 15) is 0 Å². The molecule has 0 unspecified atom stereocenters. The van der Waals surface area contributed by atoms with Gasteiger partial charge >= 0.3 is 6.01 Å².